The fraction of sp³-hybridized carbons (Fsp3) is 0.125. The van der Waals surface area contributed by atoms with E-state index in [0.717, 1.165) is 20.8 Å². The second-order valence-electron chi connectivity index (χ2n) is 4.58. The molecule has 118 valence electrons. The minimum Gasteiger partial charge on any atom is -0.494 e. The number of nitrogens with zero attached hydrogens (tertiary/aromatic N) is 1. The van der Waals surface area contributed by atoms with E-state index in [1.807, 2.05) is 48.7 Å². The quantitative estimate of drug-likeness (QED) is 0.738. The van der Waals surface area contributed by atoms with E-state index in [0.29, 0.717) is 16.7 Å². The van der Waals surface area contributed by atoms with Crippen molar-refractivity contribution < 1.29 is 9.53 Å². The first kappa shape index (κ1) is 16.3. The molecule has 0 unspecified atom stereocenters. The zero-order valence-corrected chi connectivity index (χ0v) is 15.4. The number of hydrogen-bond acceptors (Lipinski definition) is 5. The molecule has 1 N–H and O–H groups in total. The van der Waals surface area contributed by atoms with Gasteiger partial charge in [0.1, 0.15) is 5.75 Å². The molecule has 23 heavy (non-hydrogen) atoms. The molecule has 3 rings (SSSR count). The van der Waals surface area contributed by atoms with Crippen LogP contribution in [-0.4, -0.2) is 17.7 Å². The monoisotopic (exact) mass is 408 g/mol. The molecular weight excluding hydrogens is 396 g/mol. The maximum absolute atomic E-state index is 12.0. The molecule has 1 saturated heterocycles. The lowest BCUT2D eigenvalue weighted by Crippen LogP contribution is -2.19. The van der Waals surface area contributed by atoms with E-state index in [1.54, 1.807) is 11.3 Å². The van der Waals surface area contributed by atoms with E-state index in [4.69, 9.17) is 4.74 Å². The smallest absolute Gasteiger partial charge is 0.264 e. The Labute approximate surface area is 150 Å². The first-order chi connectivity index (χ1) is 11.1. The third kappa shape index (κ3) is 4.25. The van der Waals surface area contributed by atoms with Crippen molar-refractivity contribution >= 4 is 61.9 Å². The van der Waals surface area contributed by atoms with E-state index in [9.17, 15) is 4.79 Å². The molecule has 4 nitrogen and oxygen atoms in total. The second-order valence-corrected chi connectivity index (χ2v) is 7.47. The summed E-state index contributed by atoms with van der Waals surface area (Å²) in [5.74, 6) is 0.688. The number of amides is 1. The molecular formula is C16H13BrN2O2S2. The van der Waals surface area contributed by atoms with Crippen molar-refractivity contribution in [3.8, 4) is 5.75 Å². The summed E-state index contributed by atoms with van der Waals surface area (Å²) in [6.07, 6.45) is 1.87. The molecule has 1 aromatic heterocycles. The van der Waals surface area contributed by atoms with Crippen LogP contribution in [0.2, 0.25) is 0 Å². The highest BCUT2D eigenvalue weighted by Gasteiger charge is 2.23. The van der Waals surface area contributed by atoms with Crippen LogP contribution < -0.4 is 10.1 Å². The lowest BCUT2D eigenvalue weighted by Gasteiger charge is -2.02. The molecule has 1 aliphatic heterocycles. The Morgan fingerprint density at radius 3 is 2.78 bits per heavy atom. The van der Waals surface area contributed by atoms with Crippen LogP contribution >= 0.6 is 39.0 Å². The Morgan fingerprint density at radius 2 is 2.13 bits per heavy atom. The van der Waals surface area contributed by atoms with Crippen molar-refractivity contribution in [3.05, 3.63) is 50.0 Å². The number of amidine groups is 1. The lowest BCUT2D eigenvalue weighted by atomic mass is 10.3. The van der Waals surface area contributed by atoms with E-state index < -0.39 is 0 Å². The molecule has 0 saturated carbocycles. The van der Waals surface area contributed by atoms with Gasteiger partial charge in [0.05, 0.1) is 17.2 Å². The molecule has 1 aliphatic rings. The number of hydrogen-bond donors (Lipinski definition) is 1. The van der Waals surface area contributed by atoms with Crippen molar-refractivity contribution in [1.29, 1.82) is 0 Å². The van der Waals surface area contributed by atoms with Gasteiger partial charge in [-0.05, 0) is 71.0 Å². The van der Waals surface area contributed by atoms with Crippen LogP contribution in [0.3, 0.4) is 0 Å². The molecule has 1 aromatic carbocycles. The van der Waals surface area contributed by atoms with Crippen LogP contribution in [0.25, 0.3) is 6.08 Å². The van der Waals surface area contributed by atoms with Gasteiger partial charge in [-0.25, -0.2) is 4.99 Å². The van der Waals surface area contributed by atoms with Gasteiger partial charge >= 0.3 is 0 Å². The first-order valence-corrected chi connectivity index (χ1v) is 9.39. The zero-order chi connectivity index (χ0) is 16.2. The van der Waals surface area contributed by atoms with Crippen LogP contribution in [0, 0.1) is 0 Å². The number of thiophene rings is 1. The molecule has 2 aromatic rings. The molecule has 7 heteroatoms. The molecule has 0 bridgehead atoms. The molecule has 2 heterocycles. The van der Waals surface area contributed by atoms with Crippen LogP contribution in [0.15, 0.2) is 50.1 Å². The average molecular weight is 409 g/mol. The van der Waals surface area contributed by atoms with Crippen molar-refractivity contribution in [3.63, 3.8) is 0 Å². The summed E-state index contributed by atoms with van der Waals surface area (Å²) in [5, 5.41) is 5.36. The van der Waals surface area contributed by atoms with Crippen LogP contribution in [-0.2, 0) is 4.79 Å². The fourth-order valence-corrected chi connectivity index (χ4v) is 4.20. The Kier molecular flexibility index (Phi) is 5.20. The number of aliphatic imine (C=N–C) groups is 1. The molecule has 0 radical (unpaired) electrons. The fourth-order valence-electron chi connectivity index (χ4n) is 1.91. The molecule has 1 amide bonds. The molecule has 0 atom stereocenters. The van der Waals surface area contributed by atoms with E-state index in [1.165, 1.54) is 11.8 Å². The minimum atomic E-state index is -0.121. The number of thioether (sulfide) groups is 1. The van der Waals surface area contributed by atoms with Crippen LogP contribution in [0.5, 0.6) is 5.75 Å². The van der Waals surface area contributed by atoms with Crippen molar-refractivity contribution in [2.45, 2.75) is 6.92 Å². The number of benzene rings is 1. The van der Waals surface area contributed by atoms with Gasteiger partial charge < -0.3 is 10.1 Å². The Hall–Kier alpha value is -1.57. The third-order valence-corrected chi connectivity index (χ3v) is 5.44. The SMILES string of the molecule is CCOc1ccc(N=C2NC(=O)/C(=C\c3cc(Br)cs3)S2)cc1. The minimum absolute atomic E-state index is 0.121. The molecule has 0 spiro atoms. The van der Waals surface area contributed by atoms with E-state index in [-0.39, 0.29) is 5.91 Å². The second kappa shape index (κ2) is 7.33. The maximum Gasteiger partial charge on any atom is 0.264 e. The molecule has 1 fully saturated rings. The van der Waals surface area contributed by atoms with Gasteiger partial charge in [-0.15, -0.1) is 11.3 Å². The zero-order valence-electron chi connectivity index (χ0n) is 12.2. The number of halogens is 1. The van der Waals surface area contributed by atoms with Gasteiger partial charge in [0.15, 0.2) is 5.17 Å². The standard InChI is InChI=1S/C16H13BrN2O2S2/c1-2-21-12-5-3-11(4-6-12)18-16-19-15(20)14(23-16)8-13-7-10(17)9-22-13/h3-9H,2H2,1H3,(H,18,19,20)/b14-8+. The number of ether oxygens (including phenoxy) is 1. The molecule has 0 aliphatic carbocycles. The Balaban J connectivity index is 1.75. The summed E-state index contributed by atoms with van der Waals surface area (Å²) in [7, 11) is 0. The van der Waals surface area contributed by atoms with E-state index >= 15 is 0 Å². The van der Waals surface area contributed by atoms with Gasteiger partial charge in [-0.1, -0.05) is 0 Å². The van der Waals surface area contributed by atoms with Crippen molar-refractivity contribution in [1.82, 2.24) is 5.32 Å². The Morgan fingerprint density at radius 1 is 1.35 bits per heavy atom. The normalized spacial score (nSPS) is 17.7. The highest BCUT2D eigenvalue weighted by atomic mass is 79.9. The number of rotatable bonds is 4. The largest absolute Gasteiger partial charge is 0.494 e. The average Bonchev–Trinajstić information content (AvgIpc) is 3.08. The number of nitrogens with one attached hydrogen (secondary N) is 1. The van der Waals surface area contributed by atoms with Gasteiger partial charge in [-0.2, -0.15) is 0 Å². The number of carbonyl (C=O) groups excluding carboxylic acids is 1. The van der Waals surface area contributed by atoms with Crippen molar-refractivity contribution in [2.24, 2.45) is 4.99 Å². The van der Waals surface area contributed by atoms with Crippen LogP contribution in [0.4, 0.5) is 5.69 Å². The van der Waals surface area contributed by atoms with Crippen molar-refractivity contribution in [2.75, 3.05) is 6.61 Å². The van der Waals surface area contributed by atoms with Gasteiger partial charge in [0.25, 0.3) is 5.91 Å². The maximum atomic E-state index is 12.0. The highest BCUT2D eigenvalue weighted by molar-refractivity contribution is 9.10. The van der Waals surface area contributed by atoms with E-state index in [2.05, 4.69) is 26.2 Å². The summed E-state index contributed by atoms with van der Waals surface area (Å²) in [4.78, 5) is 18.1. The predicted molar refractivity (Wildman–Crippen MR) is 100 cm³/mol. The summed E-state index contributed by atoms with van der Waals surface area (Å²) in [5.41, 5.74) is 0.774. The summed E-state index contributed by atoms with van der Waals surface area (Å²) >= 11 is 6.33. The van der Waals surface area contributed by atoms with Crippen LogP contribution in [0.1, 0.15) is 11.8 Å². The summed E-state index contributed by atoms with van der Waals surface area (Å²) < 4.78 is 6.41. The first-order valence-electron chi connectivity index (χ1n) is 6.90. The Bertz CT molecular complexity index is 782. The van der Waals surface area contributed by atoms with Gasteiger partial charge in [0.2, 0.25) is 0 Å². The predicted octanol–water partition coefficient (Wildman–Crippen LogP) is 4.80. The van der Waals surface area contributed by atoms with Gasteiger partial charge in [-0.3, -0.25) is 4.79 Å². The summed E-state index contributed by atoms with van der Waals surface area (Å²) in [6, 6.07) is 9.44. The highest BCUT2D eigenvalue weighted by Crippen LogP contribution is 2.30. The number of carbonyl (C=O) groups is 1. The summed E-state index contributed by atoms with van der Waals surface area (Å²) in [6.45, 7) is 2.57. The van der Waals surface area contributed by atoms with Gasteiger partial charge in [0, 0.05) is 14.7 Å². The third-order valence-electron chi connectivity index (χ3n) is 2.89. The lowest BCUT2D eigenvalue weighted by molar-refractivity contribution is -0.115. The topological polar surface area (TPSA) is 50.7 Å².